The Hall–Kier alpha value is -1.59. The Morgan fingerprint density at radius 1 is 1.16 bits per heavy atom. The van der Waals surface area contributed by atoms with Gasteiger partial charge in [0.2, 0.25) is 0 Å². The van der Waals surface area contributed by atoms with Gasteiger partial charge in [-0.3, -0.25) is 0 Å². The molecule has 106 valence electrons. The van der Waals surface area contributed by atoms with Gasteiger partial charge in [-0.05, 0) is 31.9 Å². The number of ether oxygens (including phenoxy) is 2. The van der Waals surface area contributed by atoms with E-state index in [1.54, 1.807) is 0 Å². The number of carbonyl (C=O) groups is 1. The Balaban J connectivity index is 2.65. The molecule has 19 heavy (non-hydrogen) atoms. The normalized spacial score (nSPS) is 12.3. The summed E-state index contributed by atoms with van der Waals surface area (Å²) >= 11 is 0. The third-order valence-corrected chi connectivity index (χ3v) is 2.95. The molecule has 0 fully saturated rings. The van der Waals surface area contributed by atoms with Crippen molar-refractivity contribution in [3.05, 3.63) is 29.3 Å². The molecular formula is C14H22N2O3. The first-order chi connectivity index (χ1) is 8.99. The lowest BCUT2D eigenvalue weighted by atomic mass is 10.1. The smallest absolute Gasteiger partial charge is 0.319 e. The van der Waals surface area contributed by atoms with Crippen LogP contribution in [0.15, 0.2) is 18.2 Å². The fourth-order valence-corrected chi connectivity index (χ4v) is 1.94. The molecule has 0 saturated heterocycles. The van der Waals surface area contributed by atoms with Crippen molar-refractivity contribution in [1.82, 2.24) is 5.32 Å². The SMILES string of the molecule is COC(OC)[C@H](C)NC(=O)Nc1c(C)cccc1C. The van der Waals surface area contributed by atoms with Gasteiger partial charge in [-0.25, -0.2) is 4.79 Å². The zero-order chi connectivity index (χ0) is 14.4. The first kappa shape index (κ1) is 15.5. The molecule has 0 radical (unpaired) electrons. The first-order valence-corrected chi connectivity index (χ1v) is 6.19. The number of aryl methyl sites for hydroxylation is 2. The molecule has 0 saturated carbocycles. The monoisotopic (exact) mass is 266 g/mol. The molecule has 0 aliphatic carbocycles. The summed E-state index contributed by atoms with van der Waals surface area (Å²) in [6.07, 6.45) is -0.469. The van der Waals surface area contributed by atoms with Crippen molar-refractivity contribution in [2.75, 3.05) is 19.5 Å². The number of hydrogen-bond donors (Lipinski definition) is 2. The van der Waals surface area contributed by atoms with Crippen molar-refractivity contribution < 1.29 is 14.3 Å². The van der Waals surface area contributed by atoms with Gasteiger partial charge in [-0.1, -0.05) is 18.2 Å². The van der Waals surface area contributed by atoms with Crippen LogP contribution in [0.25, 0.3) is 0 Å². The number of benzene rings is 1. The third-order valence-electron chi connectivity index (χ3n) is 2.95. The van der Waals surface area contributed by atoms with Crippen LogP contribution >= 0.6 is 0 Å². The van der Waals surface area contributed by atoms with Crippen molar-refractivity contribution in [3.8, 4) is 0 Å². The summed E-state index contributed by atoms with van der Waals surface area (Å²) in [5.41, 5.74) is 2.88. The zero-order valence-corrected chi connectivity index (χ0v) is 12.1. The standard InChI is InChI=1S/C14H22N2O3/c1-9-7-6-8-10(2)12(9)16-14(17)15-11(3)13(18-4)19-5/h6-8,11,13H,1-5H3,(H2,15,16,17)/t11-/m0/s1. The lowest BCUT2D eigenvalue weighted by Crippen LogP contribution is -2.44. The average molecular weight is 266 g/mol. The second-order valence-electron chi connectivity index (χ2n) is 4.49. The second-order valence-corrected chi connectivity index (χ2v) is 4.49. The minimum atomic E-state index is -0.469. The van der Waals surface area contributed by atoms with Gasteiger partial charge in [0.05, 0.1) is 6.04 Å². The van der Waals surface area contributed by atoms with E-state index in [1.807, 2.05) is 39.0 Å². The van der Waals surface area contributed by atoms with E-state index >= 15 is 0 Å². The molecule has 0 heterocycles. The van der Waals surface area contributed by atoms with E-state index in [-0.39, 0.29) is 12.1 Å². The topological polar surface area (TPSA) is 59.6 Å². The highest BCUT2D eigenvalue weighted by Gasteiger charge is 2.18. The van der Waals surface area contributed by atoms with Crippen LogP contribution in [-0.4, -0.2) is 32.6 Å². The number of anilines is 1. The number of rotatable bonds is 5. The predicted octanol–water partition coefficient (Wildman–Crippen LogP) is 2.43. The van der Waals surface area contributed by atoms with Gasteiger partial charge >= 0.3 is 6.03 Å². The van der Waals surface area contributed by atoms with Gasteiger partial charge in [0.1, 0.15) is 0 Å². The predicted molar refractivity (Wildman–Crippen MR) is 75.3 cm³/mol. The molecule has 1 atom stereocenters. The van der Waals surface area contributed by atoms with Crippen LogP contribution in [0.2, 0.25) is 0 Å². The Morgan fingerprint density at radius 3 is 2.16 bits per heavy atom. The number of nitrogens with one attached hydrogen (secondary N) is 2. The number of methoxy groups -OCH3 is 2. The fraction of sp³-hybridized carbons (Fsp3) is 0.500. The Kier molecular flexibility index (Phi) is 5.79. The Morgan fingerprint density at radius 2 is 1.68 bits per heavy atom. The molecular weight excluding hydrogens is 244 g/mol. The number of urea groups is 1. The van der Waals surface area contributed by atoms with E-state index in [4.69, 9.17) is 9.47 Å². The van der Waals surface area contributed by atoms with Crippen LogP contribution in [0, 0.1) is 13.8 Å². The molecule has 0 spiro atoms. The summed E-state index contributed by atoms with van der Waals surface area (Å²) in [7, 11) is 3.07. The van der Waals surface area contributed by atoms with Crippen molar-refractivity contribution in [1.29, 1.82) is 0 Å². The maximum atomic E-state index is 11.9. The number of carbonyl (C=O) groups excluding carboxylic acids is 1. The summed E-state index contributed by atoms with van der Waals surface area (Å²) in [5, 5.41) is 5.64. The molecule has 0 aliphatic rings. The van der Waals surface area contributed by atoms with Crippen LogP contribution in [0.4, 0.5) is 10.5 Å². The van der Waals surface area contributed by atoms with Gasteiger partial charge < -0.3 is 20.1 Å². The summed E-state index contributed by atoms with van der Waals surface area (Å²) in [4.78, 5) is 11.9. The lowest BCUT2D eigenvalue weighted by molar-refractivity contribution is -0.117. The lowest BCUT2D eigenvalue weighted by Gasteiger charge is -2.22. The zero-order valence-electron chi connectivity index (χ0n) is 12.1. The molecule has 0 bridgehead atoms. The maximum Gasteiger partial charge on any atom is 0.319 e. The van der Waals surface area contributed by atoms with Gasteiger partial charge in [0.25, 0.3) is 0 Å². The van der Waals surface area contributed by atoms with Crippen LogP contribution in [-0.2, 0) is 9.47 Å². The average Bonchev–Trinajstić information content (AvgIpc) is 2.35. The molecule has 0 aromatic heterocycles. The van der Waals surface area contributed by atoms with Crippen LogP contribution in [0.1, 0.15) is 18.1 Å². The van der Waals surface area contributed by atoms with E-state index in [0.717, 1.165) is 16.8 Å². The second kappa shape index (κ2) is 7.11. The maximum absolute atomic E-state index is 11.9. The fourth-order valence-electron chi connectivity index (χ4n) is 1.94. The van der Waals surface area contributed by atoms with E-state index in [9.17, 15) is 4.79 Å². The molecule has 5 nitrogen and oxygen atoms in total. The molecule has 5 heteroatoms. The summed E-state index contributed by atoms with van der Waals surface area (Å²) < 4.78 is 10.2. The number of amides is 2. The largest absolute Gasteiger partial charge is 0.354 e. The third kappa shape index (κ3) is 4.22. The van der Waals surface area contributed by atoms with E-state index in [1.165, 1.54) is 14.2 Å². The molecule has 0 aliphatic heterocycles. The van der Waals surface area contributed by atoms with Crippen molar-refractivity contribution >= 4 is 11.7 Å². The minimum absolute atomic E-state index is 0.251. The van der Waals surface area contributed by atoms with Crippen LogP contribution in [0.3, 0.4) is 0 Å². The molecule has 2 amide bonds. The van der Waals surface area contributed by atoms with Gasteiger partial charge in [-0.15, -0.1) is 0 Å². The van der Waals surface area contributed by atoms with Crippen molar-refractivity contribution in [2.45, 2.75) is 33.1 Å². The number of para-hydroxylation sites is 1. The van der Waals surface area contributed by atoms with E-state index < -0.39 is 6.29 Å². The minimum Gasteiger partial charge on any atom is -0.354 e. The highest BCUT2D eigenvalue weighted by molar-refractivity contribution is 5.91. The highest BCUT2D eigenvalue weighted by Crippen LogP contribution is 2.19. The van der Waals surface area contributed by atoms with E-state index in [0.29, 0.717) is 0 Å². The molecule has 1 rings (SSSR count). The van der Waals surface area contributed by atoms with Crippen LogP contribution < -0.4 is 10.6 Å². The van der Waals surface area contributed by atoms with Crippen molar-refractivity contribution in [3.63, 3.8) is 0 Å². The Labute approximate surface area is 114 Å². The van der Waals surface area contributed by atoms with Gasteiger partial charge in [-0.2, -0.15) is 0 Å². The number of hydrogen-bond acceptors (Lipinski definition) is 3. The Bertz CT molecular complexity index is 410. The van der Waals surface area contributed by atoms with Crippen molar-refractivity contribution in [2.24, 2.45) is 0 Å². The highest BCUT2D eigenvalue weighted by atomic mass is 16.7. The first-order valence-electron chi connectivity index (χ1n) is 6.19. The quantitative estimate of drug-likeness (QED) is 0.805. The molecule has 1 aromatic rings. The molecule has 1 aromatic carbocycles. The molecule has 0 unspecified atom stereocenters. The van der Waals surface area contributed by atoms with Gasteiger partial charge in [0.15, 0.2) is 6.29 Å². The van der Waals surface area contributed by atoms with E-state index in [2.05, 4.69) is 10.6 Å². The molecule has 2 N–H and O–H groups in total. The summed E-state index contributed by atoms with van der Waals surface area (Å²) in [6.45, 7) is 5.74. The van der Waals surface area contributed by atoms with Gasteiger partial charge in [0, 0.05) is 19.9 Å². The summed E-state index contributed by atoms with van der Waals surface area (Å²) in [5.74, 6) is 0. The van der Waals surface area contributed by atoms with Crippen LogP contribution in [0.5, 0.6) is 0 Å². The summed E-state index contributed by atoms with van der Waals surface area (Å²) in [6, 6.07) is 5.35.